The first kappa shape index (κ1) is 18.1. The highest BCUT2D eigenvalue weighted by Gasteiger charge is 2.11. The summed E-state index contributed by atoms with van der Waals surface area (Å²) in [5.41, 5.74) is 2.30. The summed E-state index contributed by atoms with van der Waals surface area (Å²) in [6, 6.07) is 26.8. The predicted molar refractivity (Wildman–Crippen MR) is 119 cm³/mol. The molecule has 0 amide bonds. The van der Waals surface area contributed by atoms with Crippen LogP contribution in [0.3, 0.4) is 0 Å². The monoisotopic (exact) mass is 429 g/mol. The zero-order chi connectivity index (χ0) is 19.3. The highest BCUT2D eigenvalue weighted by Crippen LogP contribution is 2.19. The highest BCUT2D eigenvalue weighted by atomic mass is 79.9. The van der Waals surface area contributed by atoms with Gasteiger partial charge in [-0.3, -0.25) is 4.79 Å². The zero-order valence-corrected chi connectivity index (χ0v) is 16.5. The fourth-order valence-electron chi connectivity index (χ4n) is 2.86. The molecule has 1 heterocycles. The number of hydrogen-bond acceptors (Lipinski definition) is 3. The van der Waals surface area contributed by atoms with Crippen molar-refractivity contribution in [3.05, 3.63) is 105 Å². The van der Waals surface area contributed by atoms with Crippen molar-refractivity contribution in [2.24, 2.45) is 5.10 Å². The number of benzene rings is 3. The lowest BCUT2D eigenvalue weighted by Crippen LogP contribution is -2.20. The van der Waals surface area contributed by atoms with Crippen molar-refractivity contribution in [2.45, 2.75) is 0 Å². The summed E-state index contributed by atoms with van der Waals surface area (Å²) in [7, 11) is 0. The van der Waals surface area contributed by atoms with Crippen molar-refractivity contribution in [3.8, 4) is 11.4 Å². The molecule has 0 unspecified atom stereocenters. The van der Waals surface area contributed by atoms with E-state index < -0.39 is 0 Å². The Bertz CT molecular complexity index is 1230. The molecule has 0 aliphatic rings. The summed E-state index contributed by atoms with van der Waals surface area (Å²) in [4.78, 5) is 17.8. The third-order valence-corrected chi connectivity index (χ3v) is 4.62. The second-order valence-electron chi connectivity index (χ2n) is 6.12. The van der Waals surface area contributed by atoms with Crippen molar-refractivity contribution in [1.29, 1.82) is 0 Å². The Labute approximate surface area is 170 Å². The standard InChI is InChI=1S/C23H16BrN3O/c24-19(15-17-9-3-1-4-10-17)16-25-27-22(18-11-5-2-6-12-18)26-21-14-8-7-13-20(21)23(27)28/h1-16H. The maximum atomic E-state index is 13.1. The molecule has 0 radical (unpaired) electrons. The highest BCUT2D eigenvalue weighted by molar-refractivity contribution is 9.12. The first-order valence-electron chi connectivity index (χ1n) is 8.76. The lowest BCUT2D eigenvalue weighted by molar-refractivity contribution is 0.830. The summed E-state index contributed by atoms with van der Waals surface area (Å²) in [6.07, 6.45) is 3.54. The van der Waals surface area contributed by atoms with Crippen molar-refractivity contribution in [1.82, 2.24) is 9.66 Å². The van der Waals surface area contributed by atoms with Gasteiger partial charge in [0.25, 0.3) is 5.56 Å². The maximum Gasteiger partial charge on any atom is 0.282 e. The molecule has 28 heavy (non-hydrogen) atoms. The van der Waals surface area contributed by atoms with Crippen LogP contribution in [0.1, 0.15) is 5.56 Å². The molecule has 0 saturated carbocycles. The van der Waals surface area contributed by atoms with Crippen molar-refractivity contribution in [2.75, 3.05) is 0 Å². The van der Waals surface area contributed by atoms with Gasteiger partial charge in [0.15, 0.2) is 5.82 Å². The van der Waals surface area contributed by atoms with Crippen LogP contribution in [-0.4, -0.2) is 15.9 Å². The van der Waals surface area contributed by atoms with Gasteiger partial charge in [-0.05, 0) is 39.7 Å². The van der Waals surface area contributed by atoms with Crippen LogP contribution < -0.4 is 5.56 Å². The molecule has 4 nitrogen and oxygen atoms in total. The van der Waals surface area contributed by atoms with E-state index >= 15 is 0 Å². The molecule has 1 aromatic heterocycles. The van der Waals surface area contributed by atoms with E-state index in [0.717, 1.165) is 15.6 Å². The number of halogens is 1. The van der Waals surface area contributed by atoms with Crippen molar-refractivity contribution >= 4 is 39.1 Å². The number of aromatic nitrogens is 2. The van der Waals surface area contributed by atoms with Gasteiger partial charge in [0.2, 0.25) is 0 Å². The van der Waals surface area contributed by atoms with E-state index in [1.54, 1.807) is 12.3 Å². The molecule has 0 N–H and O–H groups in total. The normalized spacial score (nSPS) is 12.0. The molecule has 4 rings (SSSR count). The topological polar surface area (TPSA) is 47.2 Å². The smallest absolute Gasteiger partial charge is 0.267 e. The molecule has 136 valence electrons. The molecule has 0 atom stereocenters. The van der Waals surface area contributed by atoms with Gasteiger partial charge in [-0.25, -0.2) is 4.98 Å². The molecule has 0 aliphatic heterocycles. The first-order valence-corrected chi connectivity index (χ1v) is 9.55. The van der Waals surface area contributed by atoms with E-state index in [0.29, 0.717) is 16.7 Å². The maximum absolute atomic E-state index is 13.1. The Morgan fingerprint density at radius 1 is 0.893 bits per heavy atom. The molecule has 0 aliphatic carbocycles. The van der Waals surface area contributed by atoms with Gasteiger partial charge in [-0.1, -0.05) is 72.8 Å². The number of allylic oxidation sites excluding steroid dienone is 1. The van der Waals surface area contributed by atoms with Crippen LogP contribution in [-0.2, 0) is 0 Å². The quantitative estimate of drug-likeness (QED) is 0.411. The molecular formula is C23H16BrN3O. The Balaban J connectivity index is 1.84. The van der Waals surface area contributed by atoms with Gasteiger partial charge in [0, 0.05) is 10.0 Å². The van der Waals surface area contributed by atoms with E-state index in [1.165, 1.54) is 4.68 Å². The molecule has 5 heteroatoms. The third-order valence-electron chi connectivity index (χ3n) is 4.19. The number of nitrogens with zero attached hydrogens (tertiary/aromatic N) is 3. The van der Waals surface area contributed by atoms with Gasteiger partial charge in [-0.15, -0.1) is 0 Å². The number of para-hydroxylation sites is 1. The number of fused-ring (bicyclic) bond motifs is 1. The van der Waals surface area contributed by atoms with Crippen LogP contribution in [0.5, 0.6) is 0 Å². The minimum atomic E-state index is -0.208. The van der Waals surface area contributed by atoms with Crippen molar-refractivity contribution < 1.29 is 0 Å². The van der Waals surface area contributed by atoms with E-state index in [4.69, 9.17) is 0 Å². The summed E-state index contributed by atoms with van der Waals surface area (Å²) >= 11 is 3.50. The average Bonchev–Trinajstić information content (AvgIpc) is 2.74. The SMILES string of the molecule is O=c1c2ccccc2nc(-c2ccccc2)n1N=CC(Br)=Cc1ccccc1. The third kappa shape index (κ3) is 3.85. The summed E-state index contributed by atoms with van der Waals surface area (Å²) < 4.78 is 2.09. The Morgan fingerprint density at radius 3 is 2.29 bits per heavy atom. The average molecular weight is 430 g/mol. The van der Waals surface area contributed by atoms with Gasteiger partial charge in [0.1, 0.15) is 0 Å². The largest absolute Gasteiger partial charge is 0.282 e. The molecule has 0 saturated heterocycles. The molecular weight excluding hydrogens is 414 g/mol. The number of rotatable bonds is 4. The second-order valence-corrected chi connectivity index (χ2v) is 7.04. The van der Waals surface area contributed by atoms with E-state index in [1.807, 2.05) is 84.9 Å². The predicted octanol–water partition coefficient (Wildman–Crippen LogP) is 5.33. The first-order chi connectivity index (χ1) is 13.7. The van der Waals surface area contributed by atoms with Crippen LogP contribution in [0, 0.1) is 0 Å². The molecule has 0 bridgehead atoms. The minimum absolute atomic E-state index is 0.208. The van der Waals surface area contributed by atoms with Gasteiger partial charge in [0.05, 0.1) is 17.1 Å². The Hall–Kier alpha value is -3.31. The van der Waals surface area contributed by atoms with E-state index in [-0.39, 0.29) is 5.56 Å². The van der Waals surface area contributed by atoms with Crippen LogP contribution in [0.4, 0.5) is 0 Å². The van der Waals surface area contributed by atoms with Crippen molar-refractivity contribution in [3.63, 3.8) is 0 Å². The molecule has 0 spiro atoms. The van der Waals surface area contributed by atoms with Gasteiger partial charge >= 0.3 is 0 Å². The van der Waals surface area contributed by atoms with Crippen LogP contribution in [0.15, 0.2) is 99.3 Å². The lowest BCUT2D eigenvalue weighted by atomic mass is 10.2. The van der Waals surface area contributed by atoms with Crippen LogP contribution in [0.2, 0.25) is 0 Å². The van der Waals surface area contributed by atoms with Gasteiger partial charge in [-0.2, -0.15) is 9.78 Å². The number of hydrogen-bond donors (Lipinski definition) is 0. The Morgan fingerprint density at radius 2 is 1.54 bits per heavy atom. The molecule has 0 fully saturated rings. The lowest BCUT2D eigenvalue weighted by Gasteiger charge is -2.09. The zero-order valence-electron chi connectivity index (χ0n) is 14.9. The van der Waals surface area contributed by atoms with E-state index in [2.05, 4.69) is 26.0 Å². The van der Waals surface area contributed by atoms with Crippen LogP contribution >= 0.6 is 15.9 Å². The molecule has 4 aromatic rings. The van der Waals surface area contributed by atoms with Crippen LogP contribution in [0.25, 0.3) is 28.4 Å². The summed E-state index contributed by atoms with van der Waals surface area (Å²) in [6.45, 7) is 0. The van der Waals surface area contributed by atoms with E-state index in [9.17, 15) is 4.79 Å². The fraction of sp³-hybridized carbons (Fsp3) is 0. The van der Waals surface area contributed by atoms with Gasteiger partial charge < -0.3 is 0 Å². The fourth-order valence-corrected chi connectivity index (χ4v) is 3.22. The Kier molecular flexibility index (Phi) is 5.26. The molecule has 3 aromatic carbocycles. The summed E-state index contributed by atoms with van der Waals surface area (Å²) in [5, 5.41) is 4.96. The minimum Gasteiger partial charge on any atom is -0.267 e. The second kappa shape index (κ2) is 8.15. The summed E-state index contributed by atoms with van der Waals surface area (Å²) in [5.74, 6) is 0.501.